The second-order valence-corrected chi connectivity index (χ2v) is 6.58. The number of aromatic amines is 1. The molecule has 8 nitrogen and oxygen atoms in total. The molecule has 3 N–H and O–H groups in total. The van der Waals surface area contributed by atoms with Crippen LogP contribution in [0.15, 0.2) is 29.4 Å². The third kappa shape index (κ3) is 2.39. The molecule has 2 aromatic rings. The van der Waals surface area contributed by atoms with Gasteiger partial charge in [-0.3, -0.25) is 4.79 Å². The van der Waals surface area contributed by atoms with Crippen molar-refractivity contribution < 1.29 is 17.9 Å². The highest BCUT2D eigenvalue weighted by Gasteiger charge is 2.34. The number of sulfonamides is 1. The van der Waals surface area contributed by atoms with Gasteiger partial charge in [0.05, 0.1) is 6.61 Å². The molecule has 1 amide bonds. The zero-order valence-electron chi connectivity index (χ0n) is 11.0. The molecular weight excluding hydrogens is 296 g/mol. The van der Waals surface area contributed by atoms with Crippen molar-refractivity contribution in [1.82, 2.24) is 14.3 Å². The molecule has 3 rings (SSSR count). The number of pyridine rings is 1. The van der Waals surface area contributed by atoms with Crippen molar-refractivity contribution in [2.75, 3.05) is 19.7 Å². The summed E-state index contributed by atoms with van der Waals surface area (Å²) in [6, 6.07) is 3.35. The Kier molecular flexibility index (Phi) is 3.40. The minimum Gasteiger partial charge on any atom is -0.367 e. The number of carbonyl (C=O) groups excluding carboxylic acids is 1. The number of primary amides is 1. The fourth-order valence-electron chi connectivity index (χ4n) is 2.30. The number of aromatic nitrogens is 2. The summed E-state index contributed by atoms with van der Waals surface area (Å²) in [5.74, 6) is -0.671. The van der Waals surface area contributed by atoms with Gasteiger partial charge in [-0.25, -0.2) is 13.4 Å². The van der Waals surface area contributed by atoms with Crippen LogP contribution in [0.1, 0.15) is 0 Å². The number of fused-ring (bicyclic) bond motifs is 1. The van der Waals surface area contributed by atoms with Crippen LogP contribution in [0.5, 0.6) is 0 Å². The van der Waals surface area contributed by atoms with Crippen LogP contribution < -0.4 is 5.73 Å². The summed E-state index contributed by atoms with van der Waals surface area (Å²) < 4.78 is 31.8. The molecule has 1 atom stereocenters. The fourth-order valence-corrected chi connectivity index (χ4v) is 3.87. The summed E-state index contributed by atoms with van der Waals surface area (Å²) >= 11 is 0. The lowest BCUT2D eigenvalue weighted by molar-refractivity contribution is -0.132. The Morgan fingerprint density at radius 1 is 1.52 bits per heavy atom. The van der Waals surface area contributed by atoms with E-state index in [-0.39, 0.29) is 24.6 Å². The Bertz CT molecular complexity index is 785. The molecule has 0 spiro atoms. The Morgan fingerprint density at radius 2 is 2.33 bits per heavy atom. The quantitative estimate of drug-likeness (QED) is 0.787. The second kappa shape index (κ2) is 5.10. The summed E-state index contributed by atoms with van der Waals surface area (Å²) in [5, 5.41) is 0.514. The second-order valence-electron chi connectivity index (χ2n) is 4.68. The standard InChI is InChI=1S/C12H14N4O4S/c13-11(17)9-7-16(4-5-20-9)21(18,19)10-6-15-12-8(10)2-1-3-14-12/h1-3,6,9H,4-5,7H2,(H2,13,17)(H,14,15). The van der Waals surface area contributed by atoms with Gasteiger partial charge in [0.2, 0.25) is 15.9 Å². The topological polar surface area (TPSA) is 118 Å². The Hall–Kier alpha value is -1.97. The smallest absolute Gasteiger partial charge is 0.247 e. The number of nitrogens with one attached hydrogen (secondary N) is 1. The van der Waals surface area contributed by atoms with Crippen LogP contribution in [0, 0.1) is 0 Å². The predicted octanol–water partition coefficient (Wildman–Crippen LogP) is -0.562. The van der Waals surface area contributed by atoms with Crippen LogP contribution in [0.4, 0.5) is 0 Å². The van der Waals surface area contributed by atoms with Crippen molar-refractivity contribution >= 4 is 27.0 Å². The Labute approximate surface area is 120 Å². The molecule has 1 saturated heterocycles. The number of morpholine rings is 1. The molecule has 2 aromatic heterocycles. The van der Waals surface area contributed by atoms with Crippen molar-refractivity contribution in [3.63, 3.8) is 0 Å². The number of rotatable bonds is 3. The van der Waals surface area contributed by atoms with Crippen molar-refractivity contribution in [1.29, 1.82) is 0 Å². The van der Waals surface area contributed by atoms with E-state index in [0.29, 0.717) is 11.0 Å². The van der Waals surface area contributed by atoms with Crippen LogP contribution in [-0.2, 0) is 19.6 Å². The van der Waals surface area contributed by atoms with Gasteiger partial charge in [-0.15, -0.1) is 0 Å². The molecule has 0 radical (unpaired) electrons. The third-order valence-corrected chi connectivity index (χ3v) is 5.28. The monoisotopic (exact) mass is 310 g/mol. The van der Waals surface area contributed by atoms with Crippen LogP contribution >= 0.6 is 0 Å². The van der Waals surface area contributed by atoms with Gasteiger partial charge in [-0.2, -0.15) is 4.31 Å². The van der Waals surface area contributed by atoms with E-state index in [1.807, 2.05) is 0 Å². The molecule has 1 aliphatic rings. The zero-order chi connectivity index (χ0) is 15.0. The fraction of sp³-hybridized carbons (Fsp3) is 0.333. The first-order valence-corrected chi connectivity index (χ1v) is 7.77. The predicted molar refractivity (Wildman–Crippen MR) is 73.8 cm³/mol. The molecule has 0 aliphatic carbocycles. The highest BCUT2D eigenvalue weighted by Crippen LogP contribution is 2.25. The van der Waals surface area contributed by atoms with Gasteiger partial charge >= 0.3 is 0 Å². The first kappa shape index (κ1) is 14.0. The largest absolute Gasteiger partial charge is 0.367 e. The van der Waals surface area contributed by atoms with E-state index in [1.54, 1.807) is 18.3 Å². The molecule has 9 heteroatoms. The molecule has 1 fully saturated rings. The van der Waals surface area contributed by atoms with Gasteiger partial charge in [-0.1, -0.05) is 0 Å². The van der Waals surface area contributed by atoms with Crippen LogP contribution in [0.3, 0.4) is 0 Å². The summed E-state index contributed by atoms with van der Waals surface area (Å²) in [6.07, 6.45) is 2.06. The van der Waals surface area contributed by atoms with Gasteiger partial charge in [0.1, 0.15) is 16.6 Å². The normalized spacial score (nSPS) is 20.7. The number of H-pyrrole nitrogens is 1. The molecule has 3 heterocycles. The molecule has 112 valence electrons. The summed E-state index contributed by atoms with van der Waals surface area (Å²) in [6.45, 7) is 0.233. The van der Waals surface area contributed by atoms with Crippen molar-refractivity contribution in [2.45, 2.75) is 11.0 Å². The minimum atomic E-state index is -3.74. The number of nitrogens with zero attached hydrogens (tertiary/aromatic N) is 2. The molecule has 0 bridgehead atoms. The number of carbonyl (C=O) groups is 1. The van der Waals surface area contributed by atoms with E-state index in [0.717, 1.165) is 0 Å². The van der Waals surface area contributed by atoms with Crippen molar-refractivity contribution in [3.8, 4) is 0 Å². The van der Waals surface area contributed by atoms with Gasteiger partial charge in [-0.05, 0) is 12.1 Å². The van der Waals surface area contributed by atoms with Crippen LogP contribution in [0.2, 0.25) is 0 Å². The van der Waals surface area contributed by atoms with Gasteiger partial charge in [0.15, 0.2) is 0 Å². The van der Waals surface area contributed by atoms with E-state index in [9.17, 15) is 13.2 Å². The highest BCUT2D eigenvalue weighted by molar-refractivity contribution is 7.89. The summed E-state index contributed by atoms with van der Waals surface area (Å²) in [7, 11) is -3.74. The first-order valence-electron chi connectivity index (χ1n) is 6.33. The van der Waals surface area contributed by atoms with Gasteiger partial charge < -0.3 is 15.5 Å². The number of nitrogens with two attached hydrogens (primary N) is 1. The highest BCUT2D eigenvalue weighted by atomic mass is 32.2. The number of hydrogen-bond acceptors (Lipinski definition) is 5. The van der Waals surface area contributed by atoms with Crippen molar-refractivity contribution in [3.05, 3.63) is 24.5 Å². The van der Waals surface area contributed by atoms with E-state index in [4.69, 9.17) is 10.5 Å². The molecule has 21 heavy (non-hydrogen) atoms. The lowest BCUT2D eigenvalue weighted by Gasteiger charge is -2.30. The first-order chi connectivity index (χ1) is 10.00. The lowest BCUT2D eigenvalue weighted by atomic mass is 10.3. The summed E-state index contributed by atoms with van der Waals surface area (Å²) in [4.78, 5) is 18.2. The molecule has 0 saturated carbocycles. The molecule has 1 aliphatic heterocycles. The minimum absolute atomic E-state index is 0.0788. The molecule has 0 aromatic carbocycles. The van der Waals surface area contributed by atoms with Crippen LogP contribution in [0.25, 0.3) is 11.0 Å². The van der Waals surface area contributed by atoms with E-state index < -0.39 is 22.0 Å². The molecular formula is C12H14N4O4S. The lowest BCUT2D eigenvalue weighted by Crippen LogP contribution is -2.50. The van der Waals surface area contributed by atoms with E-state index in [1.165, 1.54) is 10.5 Å². The maximum Gasteiger partial charge on any atom is 0.247 e. The zero-order valence-corrected chi connectivity index (χ0v) is 11.8. The number of hydrogen-bond donors (Lipinski definition) is 2. The SMILES string of the molecule is NC(=O)C1CN(S(=O)(=O)c2c[nH]c3ncccc23)CCO1. The van der Waals surface area contributed by atoms with E-state index >= 15 is 0 Å². The average molecular weight is 310 g/mol. The Balaban J connectivity index is 1.98. The van der Waals surface area contributed by atoms with Gasteiger partial charge in [0.25, 0.3) is 0 Å². The Morgan fingerprint density at radius 3 is 3.10 bits per heavy atom. The average Bonchev–Trinajstić information content (AvgIpc) is 2.92. The maximum atomic E-state index is 12.7. The molecule has 1 unspecified atom stereocenters. The number of amides is 1. The van der Waals surface area contributed by atoms with Gasteiger partial charge in [0, 0.05) is 30.9 Å². The third-order valence-electron chi connectivity index (χ3n) is 3.38. The van der Waals surface area contributed by atoms with Crippen LogP contribution in [-0.4, -0.2) is 54.4 Å². The summed E-state index contributed by atoms with van der Waals surface area (Å²) in [5.41, 5.74) is 5.68. The van der Waals surface area contributed by atoms with E-state index in [2.05, 4.69) is 9.97 Å². The van der Waals surface area contributed by atoms with Crippen molar-refractivity contribution in [2.24, 2.45) is 5.73 Å². The maximum absolute atomic E-state index is 12.7. The number of ether oxygens (including phenoxy) is 1.